The lowest BCUT2D eigenvalue weighted by atomic mass is 9.78. The molecule has 0 amide bonds. The van der Waals surface area contributed by atoms with Crippen LogP contribution in [0.25, 0.3) is 0 Å². The molecule has 15 heavy (non-hydrogen) atoms. The minimum atomic E-state index is 0.252. The molecule has 0 saturated heterocycles. The molecule has 1 N–H and O–H groups in total. The van der Waals surface area contributed by atoms with Crippen molar-refractivity contribution >= 4 is 23.4 Å². The Labute approximate surface area is 104 Å². The van der Waals surface area contributed by atoms with Gasteiger partial charge in [0.2, 0.25) is 0 Å². The number of halogens is 1. The second-order valence-electron chi connectivity index (χ2n) is 4.72. The zero-order chi connectivity index (χ0) is 11.1. The number of alkyl halides is 1. The van der Waals surface area contributed by atoms with Crippen molar-refractivity contribution in [2.45, 2.75) is 45.1 Å². The molecule has 90 valence electrons. The van der Waals surface area contributed by atoms with Crippen LogP contribution in [0.1, 0.15) is 39.5 Å². The van der Waals surface area contributed by atoms with Crippen LogP contribution >= 0.6 is 23.4 Å². The Morgan fingerprint density at radius 2 is 2.07 bits per heavy atom. The molecule has 0 aromatic heterocycles. The van der Waals surface area contributed by atoms with Gasteiger partial charge >= 0.3 is 0 Å². The van der Waals surface area contributed by atoms with E-state index < -0.39 is 0 Å². The van der Waals surface area contributed by atoms with Gasteiger partial charge in [-0.2, -0.15) is 11.8 Å². The van der Waals surface area contributed by atoms with Crippen molar-refractivity contribution in [1.82, 2.24) is 5.32 Å². The Morgan fingerprint density at radius 3 is 2.60 bits per heavy atom. The summed E-state index contributed by atoms with van der Waals surface area (Å²) in [6.07, 6.45) is 5.18. The van der Waals surface area contributed by atoms with Gasteiger partial charge in [-0.15, -0.1) is 11.6 Å². The van der Waals surface area contributed by atoms with Gasteiger partial charge < -0.3 is 5.32 Å². The normalized spacial score (nSPS) is 31.8. The Balaban J connectivity index is 2.27. The first kappa shape index (κ1) is 13.7. The van der Waals surface area contributed by atoms with E-state index in [0.29, 0.717) is 0 Å². The van der Waals surface area contributed by atoms with E-state index in [0.717, 1.165) is 18.3 Å². The zero-order valence-corrected chi connectivity index (χ0v) is 11.6. The van der Waals surface area contributed by atoms with E-state index in [1.165, 1.54) is 37.2 Å². The Hall–Kier alpha value is 0.600. The van der Waals surface area contributed by atoms with Crippen molar-refractivity contribution in [2.24, 2.45) is 5.92 Å². The van der Waals surface area contributed by atoms with Crippen molar-refractivity contribution in [1.29, 1.82) is 0 Å². The summed E-state index contributed by atoms with van der Waals surface area (Å²) < 4.78 is 0. The monoisotopic (exact) mass is 249 g/mol. The molecule has 0 spiro atoms. The third-order valence-electron chi connectivity index (χ3n) is 3.44. The van der Waals surface area contributed by atoms with E-state index in [1.807, 2.05) is 11.8 Å². The molecule has 0 aromatic rings. The van der Waals surface area contributed by atoms with E-state index in [1.54, 1.807) is 0 Å². The summed E-state index contributed by atoms with van der Waals surface area (Å²) in [4.78, 5) is 0. The molecule has 0 atom stereocenters. The van der Waals surface area contributed by atoms with E-state index in [2.05, 4.69) is 19.2 Å². The fourth-order valence-corrected chi connectivity index (χ4v) is 3.10. The predicted molar refractivity (Wildman–Crippen MR) is 72.1 cm³/mol. The van der Waals surface area contributed by atoms with Gasteiger partial charge in [-0.25, -0.2) is 0 Å². The summed E-state index contributed by atoms with van der Waals surface area (Å²) >= 11 is 8.13. The van der Waals surface area contributed by atoms with Crippen molar-refractivity contribution in [3.63, 3.8) is 0 Å². The maximum Gasteiger partial charge on any atom is 0.0406 e. The van der Waals surface area contributed by atoms with Crippen LogP contribution in [0.4, 0.5) is 0 Å². The maximum atomic E-state index is 6.13. The number of thioether (sulfide) groups is 1. The zero-order valence-electron chi connectivity index (χ0n) is 10.0. The number of nitrogens with one attached hydrogen (secondary N) is 1. The van der Waals surface area contributed by atoms with Gasteiger partial charge in [-0.3, -0.25) is 0 Å². The summed E-state index contributed by atoms with van der Waals surface area (Å²) in [5, 5.41) is 3.69. The van der Waals surface area contributed by atoms with Gasteiger partial charge in [-0.1, -0.05) is 13.8 Å². The topological polar surface area (TPSA) is 12.0 Å². The van der Waals surface area contributed by atoms with Crippen LogP contribution in [-0.4, -0.2) is 29.5 Å². The molecule has 1 rings (SSSR count). The number of hydrogen-bond donors (Lipinski definition) is 1. The summed E-state index contributed by atoms with van der Waals surface area (Å²) in [6.45, 7) is 5.68. The maximum absolute atomic E-state index is 6.13. The Bertz CT molecular complexity index is 167. The SMILES string of the molecule is CCSCCNC1(CCl)CCC(C)CC1. The highest BCUT2D eigenvalue weighted by atomic mass is 35.5. The first-order valence-corrected chi connectivity index (χ1v) is 7.80. The average Bonchev–Trinajstić information content (AvgIpc) is 2.28. The van der Waals surface area contributed by atoms with Crippen molar-refractivity contribution in [3.8, 4) is 0 Å². The van der Waals surface area contributed by atoms with Gasteiger partial charge in [0.15, 0.2) is 0 Å². The molecule has 3 heteroatoms. The lowest BCUT2D eigenvalue weighted by Crippen LogP contribution is -2.50. The predicted octanol–water partition coefficient (Wildman–Crippen LogP) is 3.52. The smallest absolute Gasteiger partial charge is 0.0406 e. The quantitative estimate of drug-likeness (QED) is 0.571. The minimum Gasteiger partial charge on any atom is -0.309 e. The highest BCUT2D eigenvalue weighted by Gasteiger charge is 2.32. The first-order chi connectivity index (χ1) is 7.22. The van der Waals surface area contributed by atoms with Gasteiger partial charge in [-0.05, 0) is 37.4 Å². The lowest BCUT2D eigenvalue weighted by molar-refractivity contribution is 0.221. The highest BCUT2D eigenvalue weighted by Crippen LogP contribution is 2.32. The van der Waals surface area contributed by atoms with E-state index in [4.69, 9.17) is 11.6 Å². The largest absolute Gasteiger partial charge is 0.309 e. The molecule has 0 radical (unpaired) electrons. The highest BCUT2D eigenvalue weighted by molar-refractivity contribution is 7.99. The second-order valence-corrected chi connectivity index (χ2v) is 6.38. The van der Waals surface area contributed by atoms with Gasteiger partial charge in [0.25, 0.3) is 0 Å². The molecule has 1 aliphatic rings. The fraction of sp³-hybridized carbons (Fsp3) is 1.00. The van der Waals surface area contributed by atoms with Crippen LogP contribution in [0.15, 0.2) is 0 Å². The lowest BCUT2D eigenvalue weighted by Gasteiger charge is -2.39. The third kappa shape index (κ3) is 4.54. The number of rotatable bonds is 6. The molecular weight excluding hydrogens is 226 g/mol. The van der Waals surface area contributed by atoms with Crippen LogP contribution in [0.3, 0.4) is 0 Å². The van der Waals surface area contributed by atoms with Crippen LogP contribution < -0.4 is 5.32 Å². The fourth-order valence-electron chi connectivity index (χ4n) is 2.21. The Morgan fingerprint density at radius 1 is 1.40 bits per heavy atom. The standard InChI is InChI=1S/C12H24ClNS/c1-3-15-9-8-14-12(10-13)6-4-11(2)5-7-12/h11,14H,3-10H2,1-2H3. The Kier molecular flexibility index (Phi) is 6.40. The molecular formula is C12H24ClNS. The molecule has 1 saturated carbocycles. The minimum absolute atomic E-state index is 0.252. The summed E-state index contributed by atoms with van der Waals surface area (Å²) in [5.41, 5.74) is 0.252. The average molecular weight is 250 g/mol. The molecule has 0 heterocycles. The van der Waals surface area contributed by atoms with Crippen LogP contribution in [0.5, 0.6) is 0 Å². The van der Waals surface area contributed by atoms with Crippen LogP contribution in [0, 0.1) is 5.92 Å². The first-order valence-electron chi connectivity index (χ1n) is 6.11. The van der Waals surface area contributed by atoms with Crippen molar-refractivity contribution in [3.05, 3.63) is 0 Å². The van der Waals surface area contributed by atoms with Crippen molar-refractivity contribution in [2.75, 3.05) is 23.9 Å². The summed E-state index contributed by atoms with van der Waals surface area (Å²) in [5.74, 6) is 4.10. The second kappa shape index (κ2) is 7.03. The van der Waals surface area contributed by atoms with Crippen LogP contribution in [-0.2, 0) is 0 Å². The summed E-state index contributed by atoms with van der Waals surface area (Å²) in [7, 11) is 0. The van der Waals surface area contributed by atoms with Gasteiger partial charge in [0.1, 0.15) is 0 Å². The third-order valence-corrected chi connectivity index (χ3v) is 4.85. The van der Waals surface area contributed by atoms with Gasteiger partial charge in [0.05, 0.1) is 0 Å². The van der Waals surface area contributed by atoms with Crippen LogP contribution in [0.2, 0.25) is 0 Å². The molecule has 1 aliphatic carbocycles. The van der Waals surface area contributed by atoms with E-state index in [-0.39, 0.29) is 5.54 Å². The summed E-state index contributed by atoms with van der Waals surface area (Å²) in [6, 6.07) is 0. The molecule has 0 bridgehead atoms. The van der Waals surface area contributed by atoms with E-state index in [9.17, 15) is 0 Å². The molecule has 1 nitrogen and oxygen atoms in total. The van der Waals surface area contributed by atoms with E-state index >= 15 is 0 Å². The van der Waals surface area contributed by atoms with Gasteiger partial charge in [0, 0.05) is 23.7 Å². The molecule has 1 fully saturated rings. The number of hydrogen-bond acceptors (Lipinski definition) is 2. The molecule has 0 aromatic carbocycles. The van der Waals surface area contributed by atoms with Crippen molar-refractivity contribution < 1.29 is 0 Å². The molecule has 0 aliphatic heterocycles. The molecule has 0 unspecified atom stereocenters.